The first-order chi connectivity index (χ1) is 11.9. The van der Waals surface area contributed by atoms with E-state index in [2.05, 4.69) is 14.8 Å². The monoisotopic (exact) mass is 397 g/mol. The van der Waals surface area contributed by atoms with E-state index in [9.17, 15) is 4.79 Å². The van der Waals surface area contributed by atoms with Crippen molar-refractivity contribution in [3.8, 4) is 11.5 Å². The van der Waals surface area contributed by atoms with Crippen molar-refractivity contribution < 1.29 is 14.3 Å². The van der Waals surface area contributed by atoms with Crippen LogP contribution in [0.3, 0.4) is 0 Å². The highest BCUT2D eigenvalue weighted by molar-refractivity contribution is 6.42. The molecule has 0 radical (unpaired) electrons. The van der Waals surface area contributed by atoms with Crippen molar-refractivity contribution in [2.45, 2.75) is 0 Å². The van der Waals surface area contributed by atoms with Crippen molar-refractivity contribution >= 4 is 46.8 Å². The molecule has 0 N–H and O–H groups in total. The molecule has 0 heterocycles. The Morgan fingerprint density at radius 2 is 1.92 bits per heavy atom. The number of ether oxygens (including phenoxy) is 2. The van der Waals surface area contributed by atoms with Crippen molar-refractivity contribution in [1.29, 1.82) is 0 Å². The molecule has 128 valence electrons. The summed E-state index contributed by atoms with van der Waals surface area (Å²) in [5, 5.41) is 4.45. The molecular formula is C16H10Cl3N3O3. The van der Waals surface area contributed by atoms with Crippen LogP contribution in [0.15, 0.2) is 47.2 Å². The third kappa shape index (κ3) is 5.05. The van der Waals surface area contributed by atoms with E-state index >= 15 is 0 Å². The molecule has 0 aliphatic heterocycles. The maximum absolute atomic E-state index is 11.7. The van der Waals surface area contributed by atoms with Crippen LogP contribution in [-0.2, 0) is 9.53 Å². The lowest BCUT2D eigenvalue weighted by molar-refractivity contribution is -0.136. The number of methoxy groups -OCH3 is 1. The number of carbonyl (C=O) groups is 1. The van der Waals surface area contributed by atoms with Gasteiger partial charge in [0.25, 0.3) is 0 Å². The van der Waals surface area contributed by atoms with Gasteiger partial charge in [-0.3, -0.25) is 0 Å². The molecule has 0 aromatic heterocycles. The second kappa shape index (κ2) is 8.65. The van der Waals surface area contributed by atoms with Crippen LogP contribution in [0.5, 0.6) is 11.5 Å². The van der Waals surface area contributed by atoms with Gasteiger partial charge >= 0.3 is 5.97 Å². The number of halogens is 3. The predicted octanol–water partition coefficient (Wildman–Crippen LogP) is 6.26. The van der Waals surface area contributed by atoms with Crippen molar-refractivity contribution in [3.05, 3.63) is 73.2 Å². The van der Waals surface area contributed by atoms with Gasteiger partial charge in [-0.25, -0.2) is 4.79 Å². The summed E-state index contributed by atoms with van der Waals surface area (Å²) in [6.45, 7) is 0. The highest BCUT2D eigenvalue weighted by Crippen LogP contribution is 2.33. The topological polar surface area (TPSA) is 84.3 Å². The largest absolute Gasteiger partial charge is 0.466 e. The summed E-state index contributed by atoms with van der Waals surface area (Å²) in [4.78, 5) is 14.3. The van der Waals surface area contributed by atoms with E-state index < -0.39 is 5.97 Å². The fraction of sp³-hybridized carbons (Fsp3) is 0.0625. The molecule has 0 saturated heterocycles. The SMILES string of the molecule is COC(=O)/C(=C\c1ccc(Cl)cc1Oc1ccc(Cl)c(Cl)c1)N=[N+]=[N-]. The molecule has 2 aromatic carbocycles. The number of nitrogens with zero attached hydrogens (tertiary/aromatic N) is 3. The number of carbonyl (C=O) groups excluding carboxylic acids is 1. The van der Waals surface area contributed by atoms with Gasteiger partial charge < -0.3 is 9.47 Å². The Kier molecular flexibility index (Phi) is 6.56. The lowest BCUT2D eigenvalue weighted by Crippen LogP contribution is -2.02. The highest BCUT2D eigenvalue weighted by Gasteiger charge is 2.11. The first-order valence-corrected chi connectivity index (χ1v) is 7.85. The van der Waals surface area contributed by atoms with Crippen LogP contribution in [0.2, 0.25) is 15.1 Å². The third-order valence-corrected chi connectivity index (χ3v) is 3.91. The lowest BCUT2D eigenvalue weighted by atomic mass is 10.1. The van der Waals surface area contributed by atoms with Gasteiger partial charge in [0.05, 0.1) is 17.2 Å². The van der Waals surface area contributed by atoms with Gasteiger partial charge in [-0.05, 0) is 35.9 Å². The van der Waals surface area contributed by atoms with Crippen molar-refractivity contribution in [2.24, 2.45) is 5.11 Å². The Balaban J connectivity index is 2.47. The predicted molar refractivity (Wildman–Crippen MR) is 97.1 cm³/mol. The van der Waals surface area contributed by atoms with E-state index in [1.807, 2.05) is 0 Å². The van der Waals surface area contributed by atoms with Crippen LogP contribution in [0.1, 0.15) is 5.56 Å². The zero-order valence-electron chi connectivity index (χ0n) is 12.7. The molecular weight excluding hydrogens is 389 g/mol. The lowest BCUT2D eigenvalue weighted by Gasteiger charge is -2.11. The number of azide groups is 1. The van der Waals surface area contributed by atoms with Crippen LogP contribution >= 0.6 is 34.8 Å². The molecule has 2 rings (SSSR count). The summed E-state index contributed by atoms with van der Waals surface area (Å²) < 4.78 is 10.3. The minimum Gasteiger partial charge on any atom is -0.466 e. The molecule has 0 atom stereocenters. The zero-order valence-corrected chi connectivity index (χ0v) is 15.0. The van der Waals surface area contributed by atoms with E-state index in [4.69, 9.17) is 45.1 Å². The smallest absolute Gasteiger partial charge is 0.340 e. The van der Waals surface area contributed by atoms with E-state index in [-0.39, 0.29) is 5.70 Å². The Morgan fingerprint density at radius 1 is 1.16 bits per heavy atom. The molecule has 2 aromatic rings. The van der Waals surface area contributed by atoms with Gasteiger partial charge in [0.2, 0.25) is 0 Å². The molecule has 0 aliphatic rings. The van der Waals surface area contributed by atoms with Crippen LogP contribution in [-0.4, -0.2) is 13.1 Å². The summed E-state index contributed by atoms with van der Waals surface area (Å²) in [7, 11) is 1.18. The van der Waals surface area contributed by atoms with E-state index in [1.54, 1.807) is 30.3 Å². The van der Waals surface area contributed by atoms with Gasteiger partial charge in [-0.15, -0.1) is 0 Å². The third-order valence-electron chi connectivity index (χ3n) is 2.93. The summed E-state index contributed by atoms with van der Waals surface area (Å²) in [5.74, 6) is -0.0524. The Bertz CT molecular complexity index is 893. The Labute approximate surface area is 158 Å². The summed E-state index contributed by atoms with van der Waals surface area (Å²) >= 11 is 17.9. The number of hydrogen-bond donors (Lipinski definition) is 0. The van der Waals surface area contributed by atoms with Gasteiger partial charge in [-0.1, -0.05) is 39.9 Å². The van der Waals surface area contributed by atoms with Crippen molar-refractivity contribution in [2.75, 3.05) is 7.11 Å². The van der Waals surface area contributed by atoms with Crippen molar-refractivity contribution in [1.82, 2.24) is 0 Å². The number of rotatable bonds is 5. The molecule has 0 amide bonds. The van der Waals surface area contributed by atoms with Gasteiger partial charge in [0.1, 0.15) is 17.2 Å². The number of hydrogen-bond acceptors (Lipinski definition) is 4. The van der Waals surface area contributed by atoms with Crippen LogP contribution in [0, 0.1) is 0 Å². The standard InChI is InChI=1S/C16H10Cl3N3O3/c1-24-16(23)14(21-22-20)6-9-2-3-10(17)7-15(9)25-11-4-5-12(18)13(19)8-11/h2-8H,1H3/b14-6+. The molecule has 6 nitrogen and oxygen atoms in total. The zero-order chi connectivity index (χ0) is 18.4. The van der Waals surface area contributed by atoms with Gasteiger partial charge in [-0.2, -0.15) is 0 Å². The van der Waals surface area contributed by atoms with Crippen LogP contribution in [0.4, 0.5) is 0 Å². The van der Waals surface area contributed by atoms with E-state index in [0.717, 1.165) is 0 Å². The number of benzene rings is 2. The molecule has 0 unspecified atom stereocenters. The summed E-state index contributed by atoms with van der Waals surface area (Å²) in [6.07, 6.45) is 1.33. The maximum Gasteiger partial charge on any atom is 0.340 e. The first kappa shape index (κ1) is 19.0. The molecule has 9 heteroatoms. The molecule has 0 saturated carbocycles. The molecule has 0 spiro atoms. The quantitative estimate of drug-likeness (QED) is 0.196. The van der Waals surface area contributed by atoms with E-state index in [0.29, 0.717) is 32.1 Å². The second-order valence-corrected chi connectivity index (χ2v) is 5.82. The minimum atomic E-state index is -0.784. The molecule has 0 fully saturated rings. The fourth-order valence-corrected chi connectivity index (χ4v) is 2.26. The van der Waals surface area contributed by atoms with Crippen LogP contribution in [0.25, 0.3) is 16.5 Å². The summed E-state index contributed by atoms with van der Waals surface area (Å²) in [6, 6.07) is 9.48. The summed E-state index contributed by atoms with van der Waals surface area (Å²) in [5.41, 5.74) is 8.81. The molecule has 25 heavy (non-hydrogen) atoms. The first-order valence-electron chi connectivity index (χ1n) is 6.72. The van der Waals surface area contributed by atoms with Crippen LogP contribution < -0.4 is 4.74 Å². The Morgan fingerprint density at radius 3 is 2.56 bits per heavy atom. The fourth-order valence-electron chi connectivity index (χ4n) is 1.81. The average molecular weight is 399 g/mol. The minimum absolute atomic E-state index is 0.230. The average Bonchev–Trinajstić information content (AvgIpc) is 2.59. The second-order valence-electron chi connectivity index (χ2n) is 4.57. The Hall–Kier alpha value is -2.37. The highest BCUT2D eigenvalue weighted by atomic mass is 35.5. The maximum atomic E-state index is 11.7. The molecule has 0 aliphatic carbocycles. The normalized spacial score (nSPS) is 10.8. The van der Waals surface area contributed by atoms with Gasteiger partial charge in [0, 0.05) is 27.6 Å². The number of esters is 1. The molecule has 0 bridgehead atoms. The van der Waals surface area contributed by atoms with Crippen molar-refractivity contribution in [3.63, 3.8) is 0 Å². The van der Waals surface area contributed by atoms with Gasteiger partial charge in [0.15, 0.2) is 0 Å². The van der Waals surface area contributed by atoms with E-state index in [1.165, 1.54) is 19.3 Å².